The fourth-order valence-corrected chi connectivity index (χ4v) is 3.38. The van der Waals surface area contributed by atoms with E-state index in [1.807, 2.05) is 24.0 Å². The summed E-state index contributed by atoms with van der Waals surface area (Å²) in [7, 11) is 0. The molecule has 6 heteroatoms. The van der Waals surface area contributed by atoms with Crippen molar-refractivity contribution in [2.24, 2.45) is 0 Å². The Kier molecular flexibility index (Phi) is 6.39. The van der Waals surface area contributed by atoms with E-state index in [1.165, 1.54) is 17.2 Å². The summed E-state index contributed by atoms with van der Waals surface area (Å²) in [6.45, 7) is 9.40. The largest absolute Gasteiger partial charge is 0.491 e. The zero-order chi connectivity index (χ0) is 20.1. The minimum Gasteiger partial charge on any atom is -0.491 e. The van der Waals surface area contributed by atoms with Gasteiger partial charge in [-0.15, -0.1) is 0 Å². The zero-order valence-electron chi connectivity index (χ0n) is 16.8. The normalized spacial score (nSPS) is 14.1. The number of nitrogens with zero attached hydrogens (tertiary/aromatic N) is 2. The van der Waals surface area contributed by atoms with Crippen LogP contribution in [-0.4, -0.2) is 50.3 Å². The van der Waals surface area contributed by atoms with Gasteiger partial charge in [-0.25, -0.2) is 9.18 Å². The quantitative estimate of drug-likeness (QED) is 0.799. The van der Waals surface area contributed by atoms with Gasteiger partial charge in [-0.1, -0.05) is 18.2 Å². The molecule has 0 aliphatic carbocycles. The molecule has 2 amide bonds. The number of anilines is 1. The monoisotopic (exact) mass is 385 g/mol. The van der Waals surface area contributed by atoms with Crippen LogP contribution in [0.1, 0.15) is 16.7 Å². The van der Waals surface area contributed by atoms with Gasteiger partial charge < -0.3 is 19.9 Å². The number of benzene rings is 2. The number of hydrogen-bond donors (Lipinski definition) is 1. The fraction of sp³-hybridized carbons (Fsp3) is 0.409. The molecule has 150 valence electrons. The Bertz CT molecular complexity index is 833. The van der Waals surface area contributed by atoms with E-state index in [9.17, 15) is 9.18 Å². The number of urea groups is 1. The maximum absolute atomic E-state index is 13.9. The molecule has 0 saturated carbocycles. The van der Waals surface area contributed by atoms with Crippen molar-refractivity contribution in [2.75, 3.05) is 44.2 Å². The number of carbonyl (C=O) groups is 1. The number of hydrogen-bond acceptors (Lipinski definition) is 3. The van der Waals surface area contributed by atoms with Gasteiger partial charge >= 0.3 is 6.03 Å². The van der Waals surface area contributed by atoms with Gasteiger partial charge in [-0.05, 0) is 55.7 Å². The lowest BCUT2D eigenvalue weighted by Crippen LogP contribution is -2.52. The molecule has 1 fully saturated rings. The average Bonchev–Trinajstić information content (AvgIpc) is 2.69. The van der Waals surface area contributed by atoms with Crippen molar-refractivity contribution in [3.8, 4) is 5.75 Å². The molecule has 1 N–H and O–H groups in total. The molecular formula is C22H28FN3O2. The molecule has 0 radical (unpaired) electrons. The highest BCUT2D eigenvalue weighted by Crippen LogP contribution is 2.22. The number of ether oxygens (including phenoxy) is 1. The molecule has 1 heterocycles. The number of amides is 2. The van der Waals surface area contributed by atoms with Gasteiger partial charge in [0.25, 0.3) is 0 Å². The van der Waals surface area contributed by atoms with Crippen molar-refractivity contribution in [1.29, 1.82) is 0 Å². The van der Waals surface area contributed by atoms with E-state index in [0.29, 0.717) is 45.0 Å². The standard InChI is InChI=1S/C22H28FN3O2/c1-16-14-18(3)21(15-17(16)2)28-13-8-24-22(27)26-11-9-25(10-12-26)20-7-5-4-6-19(20)23/h4-7,14-15H,8-13H2,1-3H3,(H,24,27). The lowest BCUT2D eigenvalue weighted by Gasteiger charge is -2.36. The maximum atomic E-state index is 13.9. The summed E-state index contributed by atoms with van der Waals surface area (Å²) < 4.78 is 19.7. The average molecular weight is 385 g/mol. The highest BCUT2D eigenvalue weighted by Gasteiger charge is 2.22. The number of para-hydroxylation sites is 1. The van der Waals surface area contributed by atoms with Gasteiger partial charge in [0.2, 0.25) is 0 Å². The molecule has 28 heavy (non-hydrogen) atoms. The topological polar surface area (TPSA) is 44.8 Å². The van der Waals surface area contributed by atoms with E-state index in [0.717, 1.165) is 11.3 Å². The number of nitrogens with one attached hydrogen (secondary N) is 1. The highest BCUT2D eigenvalue weighted by atomic mass is 19.1. The second-order valence-electron chi connectivity index (χ2n) is 7.21. The van der Waals surface area contributed by atoms with Crippen molar-refractivity contribution < 1.29 is 13.9 Å². The molecular weight excluding hydrogens is 357 g/mol. The Labute approximate surface area is 166 Å². The predicted molar refractivity (Wildman–Crippen MR) is 110 cm³/mol. The summed E-state index contributed by atoms with van der Waals surface area (Å²) >= 11 is 0. The molecule has 0 atom stereocenters. The van der Waals surface area contributed by atoms with Gasteiger partial charge in [0.05, 0.1) is 12.2 Å². The van der Waals surface area contributed by atoms with Crippen molar-refractivity contribution >= 4 is 11.7 Å². The Morgan fingerprint density at radius 3 is 2.43 bits per heavy atom. The van der Waals surface area contributed by atoms with Crippen LogP contribution in [0.15, 0.2) is 36.4 Å². The van der Waals surface area contributed by atoms with Gasteiger partial charge in [0.15, 0.2) is 0 Å². The predicted octanol–water partition coefficient (Wildman–Crippen LogP) is 3.66. The minimum absolute atomic E-state index is 0.103. The van der Waals surface area contributed by atoms with Crippen molar-refractivity contribution in [2.45, 2.75) is 20.8 Å². The fourth-order valence-electron chi connectivity index (χ4n) is 3.38. The smallest absolute Gasteiger partial charge is 0.317 e. The van der Waals surface area contributed by atoms with Crippen LogP contribution in [0.2, 0.25) is 0 Å². The van der Waals surface area contributed by atoms with Crippen molar-refractivity contribution in [3.63, 3.8) is 0 Å². The summed E-state index contributed by atoms with van der Waals surface area (Å²) in [5.41, 5.74) is 4.13. The molecule has 0 unspecified atom stereocenters. The molecule has 1 aliphatic heterocycles. The number of rotatable bonds is 5. The highest BCUT2D eigenvalue weighted by molar-refractivity contribution is 5.74. The first-order chi connectivity index (χ1) is 13.5. The third-order valence-electron chi connectivity index (χ3n) is 5.19. The van der Waals surface area contributed by atoms with E-state index in [1.54, 1.807) is 17.0 Å². The first-order valence-corrected chi connectivity index (χ1v) is 9.68. The Morgan fingerprint density at radius 2 is 1.71 bits per heavy atom. The summed E-state index contributed by atoms with van der Waals surface area (Å²) in [4.78, 5) is 16.1. The third kappa shape index (κ3) is 4.74. The Balaban J connectivity index is 1.42. The van der Waals surface area contributed by atoms with Crippen LogP contribution in [0.3, 0.4) is 0 Å². The van der Waals surface area contributed by atoms with Crippen LogP contribution < -0.4 is 15.0 Å². The maximum Gasteiger partial charge on any atom is 0.317 e. The zero-order valence-corrected chi connectivity index (χ0v) is 16.8. The number of piperazine rings is 1. The first-order valence-electron chi connectivity index (χ1n) is 9.68. The molecule has 2 aromatic carbocycles. The molecule has 0 bridgehead atoms. The van der Waals surface area contributed by atoms with Crippen molar-refractivity contribution in [1.82, 2.24) is 10.2 Å². The molecule has 5 nitrogen and oxygen atoms in total. The van der Waals surface area contributed by atoms with Crippen LogP contribution in [0, 0.1) is 26.6 Å². The van der Waals surface area contributed by atoms with Crippen LogP contribution in [0.4, 0.5) is 14.9 Å². The van der Waals surface area contributed by atoms with Gasteiger partial charge in [0.1, 0.15) is 18.2 Å². The molecule has 0 aromatic heterocycles. The van der Waals surface area contributed by atoms with Crippen molar-refractivity contribution in [3.05, 3.63) is 58.9 Å². The number of aryl methyl sites for hydroxylation is 3. The Hall–Kier alpha value is -2.76. The SMILES string of the molecule is Cc1cc(C)c(OCCNC(=O)N2CCN(c3ccccc3F)CC2)cc1C. The van der Waals surface area contributed by atoms with E-state index >= 15 is 0 Å². The second-order valence-corrected chi connectivity index (χ2v) is 7.21. The number of halogens is 1. The van der Waals surface area contributed by atoms with Gasteiger partial charge in [-0.2, -0.15) is 0 Å². The third-order valence-corrected chi connectivity index (χ3v) is 5.19. The summed E-state index contributed by atoms with van der Waals surface area (Å²) in [5.74, 6) is 0.634. The summed E-state index contributed by atoms with van der Waals surface area (Å²) in [5, 5.41) is 2.90. The molecule has 0 spiro atoms. The first kappa shape index (κ1) is 20.0. The summed E-state index contributed by atoms with van der Waals surface area (Å²) in [6, 6.07) is 10.8. The van der Waals surface area contributed by atoms with E-state index in [2.05, 4.69) is 25.2 Å². The van der Waals surface area contributed by atoms with E-state index in [4.69, 9.17) is 4.74 Å². The second kappa shape index (κ2) is 8.95. The van der Waals surface area contributed by atoms with Gasteiger partial charge in [0, 0.05) is 26.2 Å². The van der Waals surface area contributed by atoms with E-state index in [-0.39, 0.29) is 11.8 Å². The van der Waals surface area contributed by atoms with Crippen LogP contribution in [0.25, 0.3) is 0 Å². The minimum atomic E-state index is -0.223. The molecule has 1 aliphatic rings. The van der Waals surface area contributed by atoms with Crippen LogP contribution >= 0.6 is 0 Å². The van der Waals surface area contributed by atoms with Gasteiger partial charge in [-0.3, -0.25) is 0 Å². The van der Waals surface area contributed by atoms with Crippen LogP contribution in [-0.2, 0) is 0 Å². The molecule has 1 saturated heterocycles. The Morgan fingerprint density at radius 1 is 1.04 bits per heavy atom. The molecule has 2 aromatic rings. The summed E-state index contributed by atoms with van der Waals surface area (Å²) in [6.07, 6.45) is 0. The molecule has 3 rings (SSSR count). The van der Waals surface area contributed by atoms with Crippen LogP contribution in [0.5, 0.6) is 5.75 Å². The lowest BCUT2D eigenvalue weighted by molar-refractivity contribution is 0.191. The lowest BCUT2D eigenvalue weighted by atomic mass is 10.1. The number of carbonyl (C=O) groups excluding carboxylic acids is 1. The van der Waals surface area contributed by atoms with E-state index < -0.39 is 0 Å².